The van der Waals surface area contributed by atoms with E-state index < -0.39 is 0 Å². The first kappa shape index (κ1) is 11.7. The van der Waals surface area contributed by atoms with Gasteiger partial charge in [-0.3, -0.25) is 0 Å². The van der Waals surface area contributed by atoms with Gasteiger partial charge in [-0.1, -0.05) is 18.9 Å². The van der Waals surface area contributed by atoms with Gasteiger partial charge in [0, 0.05) is 11.9 Å². The molecular weight excluding hydrogens is 218 g/mol. The number of nitrogen functional groups attached to an aromatic ring is 1. The van der Waals surface area contributed by atoms with Crippen LogP contribution in [0.15, 0.2) is 18.3 Å². The lowest BCUT2D eigenvalue weighted by molar-refractivity contribution is 0.623. The zero-order valence-electron chi connectivity index (χ0n) is 9.48. The molecule has 1 aliphatic rings. The van der Waals surface area contributed by atoms with E-state index in [1.165, 1.54) is 37.0 Å². The summed E-state index contributed by atoms with van der Waals surface area (Å²) in [6.45, 7) is 0. The molecule has 0 radical (unpaired) electrons. The van der Waals surface area contributed by atoms with Crippen molar-refractivity contribution in [1.82, 2.24) is 4.98 Å². The van der Waals surface area contributed by atoms with Crippen LogP contribution in [0.5, 0.6) is 0 Å². The van der Waals surface area contributed by atoms with Crippen LogP contribution in [0.4, 0.5) is 5.82 Å². The number of rotatable bonds is 5. The number of nitrogens with zero attached hydrogens (tertiary/aromatic N) is 1. The lowest BCUT2D eigenvalue weighted by atomic mass is 10.1. The maximum absolute atomic E-state index is 5.27. The number of nitrogens with one attached hydrogen (secondary N) is 1. The Kier molecular flexibility index (Phi) is 4.48. The molecule has 0 aromatic carbocycles. The number of anilines is 1. The molecule has 1 saturated carbocycles. The molecule has 2 rings (SSSR count). The zero-order valence-corrected chi connectivity index (χ0v) is 10.3. The fourth-order valence-electron chi connectivity index (χ4n) is 2.12. The molecule has 0 amide bonds. The van der Waals surface area contributed by atoms with Crippen LogP contribution in [-0.4, -0.2) is 10.7 Å². The molecule has 0 bridgehead atoms. The predicted octanol–water partition coefficient (Wildman–Crippen LogP) is 2.79. The van der Waals surface area contributed by atoms with Gasteiger partial charge in [0.1, 0.15) is 5.82 Å². The van der Waals surface area contributed by atoms with Gasteiger partial charge < -0.3 is 5.43 Å². The van der Waals surface area contributed by atoms with Crippen LogP contribution < -0.4 is 11.3 Å². The molecule has 0 unspecified atom stereocenters. The molecule has 1 aliphatic carbocycles. The lowest BCUT2D eigenvalue weighted by Gasteiger charge is -2.08. The molecule has 0 spiro atoms. The van der Waals surface area contributed by atoms with E-state index >= 15 is 0 Å². The standard InChI is InChI=1S/C12H19N3S/c13-15-12-6-5-11(7-14-12)9-16-8-10-3-1-2-4-10/h5-7,10H,1-4,8-9,13H2,(H,14,15). The Bertz CT molecular complexity index is 307. The second kappa shape index (κ2) is 6.11. The molecule has 1 fully saturated rings. The number of thioether (sulfide) groups is 1. The van der Waals surface area contributed by atoms with Gasteiger partial charge in [-0.05, 0) is 36.1 Å². The molecule has 1 heterocycles. The third-order valence-corrected chi connectivity index (χ3v) is 4.31. The Morgan fingerprint density at radius 1 is 1.38 bits per heavy atom. The van der Waals surface area contributed by atoms with Crippen molar-refractivity contribution in [3.8, 4) is 0 Å². The van der Waals surface area contributed by atoms with Gasteiger partial charge in [-0.2, -0.15) is 11.8 Å². The molecule has 3 N–H and O–H groups in total. The highest BCUT2D eigenvalue weighted by atomic mass is 32.2. The van der Waals surface area contributed by atoms with Gasteiger partial charge in [0.25, 0.3) is 0 Å². The first-order chi connectivity index (χ1) is 7.88. The second-order valence-electron chi connectivity index (χ2n) is 4.36. The van der Waals surface area contributed by atoms with Gasteiger partial charge >= 0.3 is 0 Å². The van der Waals surface area contributed by atoms with Crippen molar-refractivity contribution in [3.05, 3.63) is 23.9 Å². The quantitative estimate of drug-likeness (QED) is 0.611. The molecule has 1 aromatic heterocycles. The molecule has 88 valence electrons. The van der Waals surface area contributed by atoms with Gasteiger partial charge in [0.05, 0.1) is 0 Å². The fourth-order valence-corrected chi connectivity index (χ4v) is 3.31. The Morgan fingerprint density at radius 3 is 2.81 bits per heavy atom. The van der Waals surface area contributed by atoms with E-state index in [1.807, 2.05) is 24.0 Å². The van der Waals surface area contributed by atoms with E-state index in [0.717, 1.165) is 17.5 Å². The summed E-state index contributed by atoms with van der Waals surface area (Å²) >= 11 is 2.03. The molecule has 0 aliphatic heterocycles. The maximum atomic E-state index is 5.27. The fraction of sp³-hybridized carbons (Fsp3) is 0.583. The number of hydrogen-bond acceptors (Lipinski definition) is 4. The van der Waals surface area contributed by atoms with Crippen LogP contribution in [0.25, 0.3) is 0 Å². The Balaban J connectivity index is 1.71. The maximum Gasteiger partial charge on any atom is 0.139 e. The number of hydrazine groups is 1. The summed E-state index contributed by atoms with van der Waals surface area (Å²) in [6.07, 6.45) is 7.63. The van der Waals surface area contributed by atoms with Crippen molar-refractivity contribution in [2.45, 2.75) is 31.4 Å². The molecule has 3 nitrogen and oxygen atoms in total. The summed E-state index contributed by atoms with van der Waals surface area (Å²) in [5.41, 5.74) is 3.82. The van der Waals surface area contributed by atoms with Crippen LogP contribution >= 0.6 is 11.8 Å². The highest BCUT2D eigenvalue weighted by Gasteiger charge is 2.14. The second-order valence-corrected chi connectivity index (χ2v) is 5.39. The van der Waals surface area contributed by atoms with Gasteiger partial charge in [-0.25, -0.2) is 10.8 Å². The summed E-state index contributed by atoms with van der Waals surface area (Å²) in [4.78, 5) is 4.20. The van der Waals surface area contributed by atoms with Crippen LogP contribution in [0.2, 0.25) is 0 Å². The summed E-state index contributed by atoms with van der Waals surface area (Å²) in [6, 6.07) is 4.01. The number of pyridine rings is 1. The van der Waals surface area contributed by atoms with Crippen LogP contribution in [0, 0.1) is 5.92 Å². The SMILES string of the molecule is NNc1ccc(CSCC2CCCC2)cn1. The number of hydrogen-bond donors (Lipinski definition) is 2. The van der Waals surface area contributed by atoms with Crippen molar-refractivity contribution >= 4 is 17.6 Å². The van der Waals surface area contributed by atoms with Gasteiger partial charge in [-0.15, -0.1) is 0 Å². The van der Waals surface area contributed by atoms with Crippen molar-refractivity contribution in [1.29, 1.82) is 0 Å². The van der Waals surface area contributed by atoms with E-state index in [4.69, 9.17) is 5.84 Å². The third kappa shape index (κ3) is 3.39. The van der Waals surface area contributed by atoms with Crippen LogP contribution in [0.1, 0.15) is 31.2 Å². The third-order valence-electron chi connectivity index (χ3n) is 3.07. The topological polar surface area (TPSA) is 50.9 Å². The largest absolute Gasteiger partial charge is 0.308 e. The van der Waals surface area contributed by atoms with Gasteiger partial charge in [0.15, 0.2) is 0 Å². The summed E-state index contributed by atoms with van der Waals surface area (Å²) in [5.74, 6) is 9.32. The van der Waals surface area contributed by atoms with E-state index in [-0.39, 0.29) is 0 Å². The predicted molar refractivity (Wildman–Crippen MR) is 70.2 cm³/mol. The molecule has 4 heteroatoms. The summed E-state index contributed by atoms with van der Waals surface area (Å²) in [7, 11) is 0. The minimum absolute atomic E-state index is 0.726. The average molecular weight is 237 g/mol. The van der Waals surface area contributed by atoms with Crippen molar-refractivity contribution in [3.63, 3.8) is 0 Å². The van der Waals surface area contributed by atoms with Crippen molar-refractivity contribution in [2.75, 3.05) is 11.2 Å². The molecular formula is C12H19N3S. The monoisotopic (exact) mass is 237 g/mol. The van der Waals surface area contributed by atoms with Crippen LogP contribution in [-0.2, 0) is 5.75 Å². The van der Waals surface area contributed by atoms with E-state index in [1.54, 1.807) is 0 Å². The smallest absolute Gasteiger partial charge is 0.139 e. The molecule has 0 atom stereocenters. The molecule has 0 saturated heterocycles. The Labute approximate surface area is 101 Å². The molecule has 1 aromatic rings. The summed E-state index contributed by atoms with van der Waals surface area (Å²) < 4.78 is 0. The van der Waals surface area contributed by atoms with E-state index in [2.05, 4.69) is 16.5 Å². The normalized spacial score (nSPS) is 16.6. The van der Waals surface area contributed by atoms with Gasteiger partial charge in [0.2, 0.25) is 0 Å². The highest BCUT2D eigenvalue weighted by Crippen LogP contribution is 2.28. The number of nitrogens with two attached hydrogens (primary N) is 1. The Morgan fingerprint density at radius 2 is 2.19 bits per heavy atom. The van der Waals surface area contributed by atoms with E-state index in [0.29, 0.717) is 0 Å². The van der Waals surface area contributed by atoms with E-state index in [9.17, 15) is 0 Å². The average Bonchev–Trinajstić information content (AvgIpc) is 2.83. The molecule has 16 heavy (non-hydrogen) atoms. The summed E-state index contributed by atoms with van der Waals surface area (Å²) in [5, 5.41) is 0. The first-order valence-corrected chi connectivity index (χ1v) is 7.03. The van der Waals surface area contributed by atoms with Crippen molar-refractivity contribution < 1.29 is 0 Å². The highest BCUT2D eigenvalue weighted by molar-refractivity contribution is 7.98. The lowest BCUT2D eigenvalue weighted by Crippen LogP contribution is -2.08. The Hall–Kier alpha value is -0.740. The van der Waals surface area contributed by atoms with Crippen molar-refractivity contribution in [2.24, 2.45) is 11.8 Å². The number of aromatic nitrogens is 1. The minimum Gasteiger partial charge on any atom is -0.308 e. The van der Waals surface area contributed by atoms with Crippen LogP contribution in [0.3, 0.4) is 0 Å². The first-order valence-electron chi connectivity index (χ1n) is 5.88. The zero-order chi connectivity index (χ0) is 11.2. The minimum atomic E-state index is 0.726.